The fourth-order valence-electron chi connectivity index (χ4n) is 4.64. The molecule has 4 aromatic rings. The first-order chi connectivity index (χ1) is 16.1. The van der Waals surface area contributed by atoms with Crippen LogP contribution in [0.25, 0.3) is 10.8 Å². The predicted molar refractivity (Wildman–Crippen MR) is 131 cm³/mol. The van der Waals surface area contributed by atoms with Crippen LogP contribution < -0.4 is 0 Å². The Balaban J connectivity index is 1.54. The van der Waals surface area contributed by atoms with Crippen molar-refractivity contribution < 1.29 is 13.2 Å². The van der Waals surface area contributed by atoms with Crippen molar-refractivity contribution in [3.8, 4) is 0 Å². The third-order valence-corrected chi connectivity index (χ3v) is 9.24. The molecule has 0 bridgehead atoms. The van der Waals surface area contributed by atoms with Gasteiger partial charge in [-0.2, -0.15) is 4.99 Å². The first-order valence-electron chi connectivity index (χ1n) is 10.5. The third kappa shape index (κ3) is 3.11. The summed E-state index contributed by atoms with van der Waals surface area (Å²) in [6.07, 6.45) is 0. The number of rotatable bonds is 3. The molecule has 1 fully saturated rings. The Hall–Kier alpha value is -3.42. The van der Waals surface area contributed by atoms with Gasteiger partial charge in [-0.15, -0.1) is 0 Å². The highest BCUT2D eigenvalue weighted by Gasteiger charge is 2.51. The minimum Gasteiger partial charge on any atom is -0.267 e. The van der Waals surface area contributed by atoms with Crippen LogP contribution in [-0.4, -0.2) is 23.8 Å². The molecule has 33 heavy (non-hydrogen) atoms. The summed E-state index contributed by atoms with van der Waals surface area (Å²) in [5, 5.41) is 2.20. The van der Waals surface area contributed by atoms with E-state index >= 15 is 0 Å². The van der Waals surface area contributed by atoms with E-state index in [1.54, 1.807) is 54.6 Å². The van der Waals surface area contributed by atoms with Crippen LogP contribution >= 0.6 is 11.8 Å². The van der Waals surface area contributed by atoms with Gasteiger partial charge in [0.2, 0.25) is 0 Å². The number of amidine groups is 1. The number of amides is 1. The molecule has 2 unspecified atom stereocenters. The number of hydrogen-bond acceptors (Lipinski definition) is 4. The number of nitrogens with zero attached hydrogens (tertiary/aromatic N) is 2. The van der Waals surface area contributed by atoms with Gasteiger partial charge in [0.25, 0.3) is 15.9 Å². The lowest BCUT2D eigenvalue weighted by Gasteiger charge is -2.25. The molecule has 1 aliphatic heterocycles. The molecule has 0 N–H and O–H groups in total. The predicted octanol–water partition coefficient (Wildman–Crippen LogP) is 5.57. The number of fused-ring (bicyclic) bond motifs is 3. The molecule has 5 nitrogen and oxygen atoms in total. The van der Waals surface area contributed by atoms with Crippen LogP contribution in [-0.2, 0) is 10.0 Å². The van der Waals surface area contributed by atoms with E-state index in [0.29, 0.717) is 5.56 Å². The van der Waals surface area contributed by atoms with Crippen LogP contribution in [0.1, 0.15) is 32.8 Å². The van der Waals surface area contributed by atoms with Crippen molar-refractivity contribution in [2.45, 2.75) is 16.2 Å². The molecule has 1 amide bonds. The zero-order valence-corrected chi connectivity index (χ0v) is 19.0. The van der Waals surface area contributed by atoms with Crippen molar-refractivity contribution >= 4 is 43.6 Å². The largest absolute Gasteiger partial charge is 0.279 e. The van der Waals surface area contributed by atoms with Gasteiger partial charge in [-0.3, -0.25) is 4.79 Å². The first kappa shape index (κ1) is 20.2. The standard InChI is InChI=1S/C26H18N2O3S2/c29-25(18-9-3-1-4-10-18)27-26-28(33(30,31)19-13-5-2-6-14-19)23-20-15-7-11-17-12-8-16-21(22(17)20)24(23)32-26/h1-16,23-24H. The summed E-state index contributed by atoms with van der Waals surface area (Å²) in [4.78, 5) is 17.4. The van der Waals surface area contributed by atoms with E-state index in [9.17, 15) is 13.2 Å². The Morgan fingerprint density at radius 2 is 1.42 bits per heavy atom. The lowest BCUT2D eigenvalue weighted by Crippen LogP contribution is -2.34. The van der Waals surface area contributed by atoms with Crippen LogP contribution in [0.2, 0.25) is 0 Å². The van der Waals surface area contributed by atoms with Crippen LogP contribution in [0, 0.1) is 0 Å². The van der Waals surface area contributed by atoms with E-state index < -0.39 is 22.0 Å². The highest BCUT2D eigenvalue weighted by Crippen LogP contribution is 2.60. The molecular weight excluding hydrogens is 452 g/mol. The summed E-state index contributed by atoms with van der Waals surface area (Å²) < 4.78 is 29.1. The summed E-state index contributed by atoms with van der Waals surface area (Å²) in [5.41, 5.74) is 2.43. The summed E-state index contributed by atoms with van der Waals surface area (Å²) in [5.74, 6) is -0.460. The van der Waals surface area contributed by atoms with Crippen molar-refractivity contribution in [1.29, 1.82) is 0 Å². The average Bonchev–Trinajstić information content (AvgIpc) is 3.37. The van der Waals surface area contributed by atoms with Crippen molar-refractivity contribution in [3.05, 3.63) is 114 Å². The van der Waals surface area contributed by atoms with Crippen LogP contribution in [0.5, 0.6) is 0 Å². The number of sulfonamides is 1. The van der Waals surface area contributed by atoms with Gasteiger partial charge in [-0.05, 0) is 46.2 Å². The second-order valence-electron chi connectivity index (χ2n) is 7.96. The van der Waals surface area contributed by atoms with E-state index in [0.717, 1.165) is 21.9 Å². The van der Waals surface area contributed by atoms with Gasteiger partial charge in [0, 0.05) is 5.56 Å². The Kier molecular flexibility index (Phi) is 4.64. The highest BCUT2D eigenvalue weighted by molar-refractivity contribution is 8.15. The smallest absolute Gasteiger partial charge is 0.267 e. The van der Waals surface area contributed by atoms with E-state index in [4.69, 9.17) is 0 Å². The lowest BCUT2D eigenvalue weighted by atomic mass is 10.0. The van der Waals surface area contributed by atoms with Gasteiger partial charge in [0.15, 0.2) is 5.17 Å². The van der Waals surface area contributed by atoms with Crippen LogP contribution in [0.3, 0.4) is 0 Å². The normalized spacial score (nSPS) is 20.4. The second-order valence-corrected chi connectivity index (χ2v) is 10.9. The van der Waals surface area contributed by atoms with E-state index in [2.05, 4.69) is 4.99 Å². The molecule has 4 aromatic carbocycles. The minimum atomic E-state index is -3.95. The Labute approximate surface area is 195 Å². The van der Waals surface area contributed by atoms with Gasteiger partial charge in [-0.25, -0.2) is 12.7 Å². The SMILES string of the molecule is O=C(N=C1SC2c3cccc4cccc(c34)C2N1S(=O)(=O)c1ccccc1)c1ccccc1. The molecule has 0 saturated carbocycles. The fourth-order valence-corrected chi connectivity index (χ4v) is 7.95. The molecule has 0 aromatic heterocycles. The van der Waals surface area contributed by atoms with Crippen molar-refractivity contribution in [2.75, 3.05) is 0 Å². The highest BCUT2D eigenvalue weighted by atomic mass is 32.2. The summed E-state index contributed by atoms with van der Waals surface area (Å²) in [6, 6.07) is 28.6. The second kappa shape index (κ2) is 7.57. The number of carbonyl (C=O) groups excluding carboxylic acids is 1. The molecule has 0 radical (unpaired) electrons. The van der Waals surface area contributed by atoms with Gasteiger partial charge in [0.05, 0.1) is 16.2 Å². The molecule has 6 rings (SSSR count). The van der Waals surface area contributed by atoms with Crippen molar-refractivity contribution in [2.24, 2.45) is 4.99 Å². The Morgan fingerprint density at radius 1 is 0.788 bits per heavy atom. The molecule has 1 heterocycles. The van der Waals surface area contributed by atoms with E-state index in [1.807, 2.05) is 42.5 Å². The molecule has 2 aliphatic rings. The Bertz CT molecular complexity index is 1530. The molecule has 2 atom stereocenters. The van der Waals surface area contributed by atoms with E-state index in [-0.39, 0.29) is 15.3 Å². The molecule has 7 heteroatoms. The van der Waals surface area contributed by atoms with Crippen LogP contribution in [0.4, 0.5) is 0 Å². The van der Waals surface area contributed by atoms with E-state index in [1.165, 1.54) is 16.1 Å². The summed E-state index contributed by atoms with van der Waals surface area (Å²) >= 11 is 1.34. The maximum Gasteiger partial charge on any atom is 0.279 e. The summed E-state index contributed by atoms with van der Waals surface area (Å²) in [6.45, 7) is 0. The van der Waals surface area contributed by atoms with Gasteiger partial charge < -0.3 is 0 Å². The van der Waals surface area contributed by atoms with Crippen molar-refractivity contribution in [3.63, 3.8) is 0 Å². The third-order valence-electron chi connectivity index (χ3n) is 6.07. The molecular formula is C26H18N2O3S2. The molecule has 1 aliphatic carbocycles. The zero-order chi connectivity index (χ0) is 22.6. The monoisotopic (exact) mass is 470 g/mol. The van der Waals surface area contributed by atoms with Gasteiger partial charge in [-0.1, -0.05) is 84.6 Å². The average molecular weight is 471 g/mol. The first-order valence-corrected chi connectivity index (χ1v) is 12.8. The number of thioether (sulfide) groups is 1. The maximum absolute atomic E-state index is 13.9. The zero-order valence-electron chi connectivity index (χ0n) is 17.3. The fraction of sp³-hybridized carbons (Fsp3) is 0.0769. The van der Waals surface area contributed by atoms with Crippen molar-refractivity contribution in [1.82, 2.24) is 4.31 Å². The number of benzene rings is 4. The number of hydrogen-bond donors (Lipinski definition) is 0. The van der Waals surface area contributed by atoms with Crippen LogP contribution in [0.15, 0.2) is 107 Å². The lowest BCUT2D eigenvalue weighted by molar-refractivity contribution is 0.100. The number of carbonyl (C=O) groups is 1. The molecule has 0 spiro atoms. The van der Waals surface area contributed by atoms with Gasteiger partial charge in [0.1, 0.15) is 0 Å². The summed E-state index contributed by atoms with van der Waals surface area (Å²) in [7, 11) is -3.95. The quantitative estimate of drug-likeness (QED) is 0.393. The maximum atomic E-state index is 13.9. The minimum absolute atomic E-state index is 0.174. The Morgan fingerprint density at radius 3 is 2.12 bits per heavy atom. The molecule has 162 valence electrons. The topological polar surface area (TPSA) is 66.8 Å². The number of aliphatic imine (C=N–C) groups is 1. The van der Waals surface area contributed by atoms with Gasteiger partial charge >= 0.3 is 0 Å². The molecule has 1 saturated heterocycles.